The Morgan fingerprint density at radius 3 is 2.65 bits per heavy atom. The largest absolute Gasteiger partial charge is 0.492 e. The normalized spacial score (nSPS) is 12.8. The van der Waals surface area contributed by atoms with E-state index < -0.39 is 6.10 Å². The van der Waals surface area contributed by atoms with Gasteiger partial charge in [0.2, 0.25) is 0 Å². The van der Waals surface area contributed by atoms with Crippen molar-refractivity contribution < 1.29 is 9.84 Å². The van der Waals surface area contributed by atoms with Gasteiger partial charge in [-0.05, 0) is 57.7 Å². The lowest BCUT2D eigenvalue weighted by Crippen LogP contribution is -2.08. The monoisotopic (exact) mass is 295 g/mol. The summed E-state index contributed by atoms with van der Waals surface area (Å²) in [5.41, 5.74) is 0.509. The standard InChI is InChI=1S/C16H22ClNO2/c1-12(19)13-6-7-15(14(17)10-13)20-9-5-4-8-16(2,3)11-18/h6-7,10,12,19H,4-5,8-9H2,1-3H3/t12-/m1/s1. The van der Waals surface area contributed by atoms with Crippen molar-refractivity contribution in [1.29, 1.82) is 5.26 Å². The van der Waals surface area contributed by atoms with Gasteiger partial charge in [0, 0.05) is 0 Å². The van der Waals surface area contributed by atoms with Gasteiger partial charge < -0.3 is 9.84 Å². The molecular weight excluding hydrogens is 274 g/mol. The smallest absolute Gasteiger partial charge is 0.137 e. The van der Waals surface area contributed by atoms with Crippen molar-refractivity contribution >= 4 is 11.6 Å². The number of ether oxygens (including phenoxy) is 1. The lowest BCUT2D eigenvalue weighted by molar-refractivity contribution is 0.199. The van der Waals surface area contributed by atoms with Crippen LogP contribution in [0.1, 0.15) is 51.7 Å². The summed E-state index contributed by atoms with van der Waals surface area (Å²) in [4.78, 5) is 0. The van der Waals surface area contributed by atoms with Crippen molar-refractivity contribution in [3.8, 4) is 11.8 Å². The molecular formula is C16H22ClNO2. The molecule has 0 heterocycles. The second-order valence-corrected chi connectivity index (χ2v) is 6.07. The molecule has 0 bridgehead atoms. The first-order valence-corrected chi connectivity index (χ1v) is 7.25. The molecule has 20 heavy (non-hydrogen) atoms. The Kier molecular flexibility index (Phi) is 6.32. The van der Waals surface area contributed by atoms with Crippen molar-refractivity contribution in [3.63, 3.8) is 0 Å². The zero-order valence-corrected chi connectivity index (χ0v) is 13.1. The Morgan fingerprint density at radius 1 is 1.40 bits per heavy atom. The summed E-state index contributed by atoms with van der Waals surface area (Å²) in [5, 5.41) is 18.9. The van der Waals surface area contributed by atoms with Crippen molar-refractivity contribution in [2.45, 2.75) is 46.1 Å². The first-order chi connectivity index (χ1) is 9.35. The third-order valence-corrected chi connectivity index (χ3v) is 3.49. The molecule has 0 aliphatic carbocycles. The average molecular weight is 296 g/mol. The highest BCUT2D eigenvalue weighted by atomic mass is 35.5. The molecule has 4 heteroatoms. The van der Waals surface area contributed by atoms with E-state index in [4.69, 9.17) is 21.6 Å². The molecule has 110 valence electrons. The second-order valence-electron chi connectivity index (χ2n) is 5.67. The predicted octanol–water partition coefficient (Wildman–Crippen LogP) is 4.49. The van der Waals surface area contributed by atoms with Gasteiger partial charge in [0.1, 0.15) is 5.75 Å². The molecule has 0 saturated heterocycles. The van der Waals surface area contributed by atoms with Gasteiger partial charge in [0.25, 0.3) is 0 Å². The minimum atomic E-state index is -0.533. The minimum Gasteiger partial charge on any atom is -0.492 e. The van der Waals surface area contributed by atoms with Gasteiger partial charge in [-0.15, -0.1) is 0 Å². The van der Waals surface area contributed by atoms with Crippen LogP contribution in [0.3, 0.4) is 0 Å². The second kappa shape index (κ2) is 7.52. The van der Waals surface area contributed by atoms with Crippen molar-refractivity contribution in [2.24, 2.45) is 5.41 Å². The van der Waals surface area contributed by atoms with Gasteiger partial charge in [-0.1, -0.05) is 17.7 Å². The van der Waals surface area contributed by atoms with Crippen LogP contribution < -0.4 is 4.74 Å². The topological polar surface area (TPSA) is 53.2 Å². The number of halogens is 1. The molecule has 0 aromatic heterocycles. The summed E-state index contributed by atoms with van der Waals surface area (Å²) in [5.74, 6) is 0.635. The van der Waals surface area contributed by atoms with Crippen LogP contribution in [0.5, 0.6) is 5.75 Å². The fraction of sp³-hybridized carbons (Fsp3) is 0.562. The zero-order chi connectivity index (χ0) is 15.2. The Bertz CT molecular complexity index is 478. The Morgan fingerprint density at radius 2 is 2.10 bits per heavy atom. The summed E-state index contributed by atoms with van der Waals surface area (Å²) >= 11 is 6.10. The maximum Gasteiger partial charge on any atom is 0.137 e. The summed E-state index contributed by atoms with van der Waals surface area (Å²) in [7, 11) is 0. The van der Waals surface area contributed by atoms with Crippen LogP contribution in [0.15, 0.2) is 18.2 Å². The maximum atomic E-state index is 9.46. The summed E-state index contributed by atoms with van der Waals surface area (Å²) in [6.45, 7) is 6.16. The van der Waals surface area contributed by atoms with Crippen LogP contribution in [-0.4, -0.2) is 11.7 Å². The molecule has 0 radical (unpaired) electrons. The molecule has 0 unspecified atom stereocenters. The number of nitrogens with zero attached hydrogens (tertiary/aromatic N) is 1. The Balaban J connectivity index is 2.38. The van der Waals surface area contributed by atoms with E-state index in [1.807, 2.05) is 19.9 Å². The van der Waals surface area contributed by atoms with Crippen LogP contribution in [0.4, 0.5) is 0 Å². The molecule has 0 aliphatic rings. The molecule has 1 atom stereocenters. The van der Waals surface area contributed by atoms with E-state index in [1.54, 1.807) is 19.1 Å². The molecule has 3 nitrogen and oxygen atoms in total. The summed E-state index contributed by atoms with van der Waals surface area (Å²) in [6.07, 6.45) is 2.17. The highest BCUT2D eigenvalue weighted by Crippen LogP contribution is 2.28. The quantitative estimate of drug-likeness (QED) is 0.754. The molecule has 1 rings (SSSR count). The van der Waals surface area contributed by atoms with Gasteiger partial charge in [-0.25, -0.2) is 0 Å². The fourth-order valence-corrected chi connectivity index (χ4v) is 2.04. The van der Waals surface area contributed by atoms with Crippen molar-refractivity contribution in [1.82, 2.24) is 0 Å². The Hall–Kier alpha value is -1.24. The fourth-order valence-electron chi connectivity index (χ4n) is 1.80. The van der Waals surface area contributed by atoms with Gasteiger partial charge in [0.05, 0.1) is 29.2 Å². The van der Waals surface area contributed by atoms with Crippen LogP contribution in [-0.2, 0) is 0 Å². The first kappa shape index (κ1) is 16.8. The van der Waals surface area contributed by atoms with Crippen LogP contribution >= 0.6 is 11.6 Å². The predicted molar refractivity (Wildman–Crippen MR) is 80.8 cm³/mol. The number of aliphatic hydroxyl groups excluding tert-OH is 1. The number of hydrogen-bond donors (Lipinski definition) is 1. The number of unbranched alkanes of at least 4 members (excludes halogenated alkanes) is 1. The van der Waals surface area contributed by atoms with Gasteiger partial charge >= 0.3 is 0 Å². The number of rotatable bonds is 7. The molecule has 0 amide bonds. The molecule has 1 N–H and O–H groups in total. The van der Waals surface area contributed by atoms with Gasteiger partial charge in [-0.2, -0.15) is 5.26 Å². The SMILES string of the molecule is C[C@@H](O)c1ccc(OCCCCC(C)(C)C#N)c(Cl)c1. The van der Waals surface area contributed by atoms with E-state index in [9.17, 15) is 5.11 Å². The molecule has 0 fully saturated rings. The van der Waals surface area contributed by atoms with E-state index in [1.165, 1.54) is 0 Å². The highest BCUT2D eigenvalue weighted by Gasteiger charge is 2.15. The number of nitriles is 1. The van der Waals surface area contributed by atoms with Crippen molar-refractivity contribution in [3.05, 3.63) is 28.8 Å². The number of aliphatic hydroxyl groups is 1. The van der Waals surface area contributed by atoms with E-state index >= 15 is 0 Å². The van der Waals surface area contributed by atoms with E-state index in [0.717, 1.165) is 24.8 Å². The molecule has 0 spiro atoms. The van der Waals surface area contributed by atoms with E-state index in [-0.39, 0.29) is 5.41 Å². The Labute approximate surface area is 126 Å². The third-order valence-electron chi connectivity index (χ3n) is 3.19. The van der Waals surface area contributed by atoms with Crippen LogP contribution in [0.25, 0.3) is 0 Å². The van der Waals surface area contributed by atoms with Gasteiger partial charge in [0.15, 0.2) is 0 Å². The summed E-state index contributed by atoms with van der Waals surface area (Å²) in [6, 6.07) is 7.60. The third kappa shape index (κ3) is 5.40. The number of benzene rings is 1. The van der Waals surface area contributed by atoms with E-state index in [0.29, 0.717) is 17.4 Å². The summed E-state index contributed by atoms with van der Waals surface area (Å²) < 4.78 is 5.62. The maximum absolute atomic E-state index is 9.46. The molecule has 0 saturated carbocycles. The minimum absolute atomic E-state index is 0.267. The van der Waals surface area contributed by atoms with Gasteiger partial charge in [-0.3, -0.25) is 0 Å². The highest BCUT2D eigenvalue weighted by molar-refractivity contribution is 6.32. The average Bonchev–Trinajstić information content (AvgIpc) is 2.39. The van der Waals surface area contributed by atoms with E-state index in [2.05, 4.69) is 6.07 Å². The first-order valence-electron chi connectivity index (χ1n) is 6.87. The molecule has 1 aromatic rings. The van der Waals surface area contributed by atoms with Crippen molar-refractivity contribution in [2.75, 3.05) is 6.61 Å². The number of hydrogen-bond acceptors (Lipinski definition) is 3. The van der Waals surface area contributed by atoms with Crippen LogP contribution in [0, 0.1) is 16.7 Å². The molecule has 0 aliphatic heterocycles. The lowest BCUT2D eigenvalue weighted by Gasteiger charge is -2.15. The van der Waals surface area contributed by atoms with Crippen LogP contribution in [0.2, 0.25) is 5.02 Å². The lowest BCUT2D eigenvalue weighted by atomic mass is 9.89. The zero-order valence-electron chi connectivity index (χ0n) is 12.3. The molecule has 1 aromatic carbocycles.